The van der Waals surface area contributed by atoms with Crippen molar-refractivity contribution in [2.75, 3.05) is 0 Å². The lowest BCUT2D eigenvalue weighted by Gasteiger charge is -2.23. The van der Waals surface area contributed by atoms with Crippen LogP contribution in [0, 0.1) is 11.8 Å². The van der Waals surface area contributed by atoms with Gasteiger partial charge in [0.05, 0.1) is 0 Å². The number of unbranched alkanes of at least 4 members (excludes halogenated alkanes) is 2. The summed E-state index contributed by atoms with van der Waals surface area (Å²) in [5.74, 6) is 1.93. The van der Waals surface area contributed by atoms with Crippen LogP contribution in [0.3, 0.4) is 0 Å². The summed E-state index contributed by atoms with van der Waals surface area (Å²) in [6, 6.07) is 0. The molecule has 2 aliphatic carbocycles. The topological polar surface area (TPSA) is 0 Å². The molecule has 1 saturated carbocycles. The van der Waals surface area contributed by atoms with Crippen LogP contribution in [0.1, 0.15) is 78.1 Å². The standard InChI is InChI=1S/C18H30/c1-4-5-6-7-16(10-8-14(2)3)18-13-15-9-11-17(18)12-15/h15-16H,2,4-13H2,1,3H3. The maximum atomic E-state index is 4.08. The Balaban J connectivity index is 1.93. The second kappa shape index (κ2) is 6.59. The quantitative estimate of drug-likeness (QED) is 0.362. The molecule has 0 N–H and O–H groups in total. The minimum atomic E-state index is 0.897. The fourth-order valence-electron chi connectivity index (χ4n) is 3.86. The molecule has 0 heteroatoms. The Hall–Kier alpha value is -0.520. The molecule has 0 heterocycles. The van der Waals surface area contributed by atoms with Crippen LogP contribution in [0.15, 0.2) is 23.3 Å². The summed E-state index contributed by atoms with van der Waals surface area (Å²) >= 11 is 0. The molecular formula is C18H30. The van der Waals surface area contributed by atoms with Gasteiger partial charge < -0.3 is 0 Å². The van der Waals surface area contributed by atoms with E-state index in [-0.39, 0.29) is 0 Å². The van der Waals surface area contributed by atoms with E-state index in [1.165, 1.54) is 69.8 Å². The van der Waals surface area contributed by atoms with Crippen LogP contribution in [-0.2, 0) is 0 Å². The van der Waals surface area contributed by atoms with Crippen molar-refractivity contribution in [3.05, 3.63) is 23.3 Å². The molecule has 2 atom stereocenters. The summed E-state index contributed by atoms with van der Waals surface area (Å²) < 4.78 is 0. The van der Waals surface area contributed by atoms with Crippen molar-refractivity contribution in [2.45, 2.75) is 78.1 Å². The predicted octanol–water partition coefficient (Wildman–Crippen LogP) is 6.04. The van der Waals surface area contributed by atoms with E-state index in [0.29, 0.717) is 0 Å². The number of allylic oxidation sites excluding steroid dienone is 3. The van der Waals surface area contributed by atoms with Gasteiger partial charge in [-0.25, -0.2) is 0 Å². The summed E-state index contributed by atoms with van der Waals surface area (Å²) in [4.78, 5) is 0. The maximum Gasteiger partial charge on any atom is -0.0197 e. The van der Waals surface area contributed by atoms with Crippen molar-refractivity contribution in [1.29, 1.82) is 0 Å². The van der Waals surface area contributed by atoms with Gasteiger partial charge in [0.25, 0.3) is 0 Å². The van der Waals surface area contributed by atoms with E-state index >= 15 is 0 Å². The highest BCUT2D eigenvalue weighted by Crippen LogP contribution is 2.48. The third-order valence-corrected chi connectivity index (χ3v) is 4.92. The van der Waals surface area contributed by atoms with Gasteiger partial charge in [-0.2, -0.15) is 0 Å². The lowest BCUT2D eigenvalue weighted by molar-refractivity contribution is 0.445. The number of fused-ring (bicyclic) bond motifs is 2. The minimum absolute atomic E-state index is 0.897. The largest absolute Gasteiger partial charge is 0.100 e. The number of hydrogen-bond donors (Lipinski definition) is 0. The van der Waals surface area contributed by atoms with Crippen molar-refractivity contribution >= 4 is 0 Å². The molecule has 0 aromatic heterocycles. The van der Waals surface area contributed by atoms with E-state index in [9.17, 15) is 0 Å². The summed E-state index contributed by atoms with van der Waals surface area (Å²) in [5, 5.41) is 0. The lowest BCUT2D eigenvalue weighted by atomic mass is 9.82. The summed E-state index contributed by atoms with van der Waals surface area (Å²) in [6.45, 7) is 8.57. The van der Waals surface area contributed by atoms with Crippen LogP contribution in [0.2, 0.25) is 0 Å². The Morgan fingerprint density at radius 3 is 2.67 bits per heavy atom. The third-order valence-electron chi connectivity index (χ3n) is 4.92. The maximum absolute atomic E-state index is 4.08. The van der Waals surface area contributed by atoms with Crippen molar-refractivity contribution in [3.8, 4) is 0 Å². The smallest absolute Gasteiger partial charge is 0.0197 e. The average Bonchev–Trinajstić information content (AvgIpc) is 2.95. The monoisotopic (exact) mass is 246 g/mol. The molecule has 2 unspecified atom stereocenters. The highest BCUT2D eigenvalue weighted by atomic mass is 14.4. The molecular weight excluding hydrogens is 216 g/mol. The molecule has 18 heavy (non-hydrogen) atoms. The lowest BCUT2D eigenvalue weighted by Crippen LogP contribution is -2.08. The van der Waals surface area contributed by atoms with Gasteiger partial charge in [-0.15, -0.1) is 6.58 Å². The molecule has 2 rings (SSSR count). The van der Waals surface area contributed by atoms with Crippen LogP contribution < -0.4 is 0 Å². The van der Waals surface area contributed by atoms with E-state index in [0.717, 1.165) is 11.8 Å². The molecule has 0 aromatic carbocycles. The van der Waals surface area contributed by atoms with Crippen LogP contribution in [-0.4, -0.2) is 0 Å². The molecule has 0 saturated heterocycles. The average molecular weight is 246 g/mol. The molecule has 0 aliphatic heterocycles. The summed E-state index contributed by atoms with van der Waals surface area (Å²) in [6.07, 6.45) is 14.0. The normalized spacial score (nSPS) is 23.8. The zero-order valence-electron chi connectivity index (χ0n) is 12.4. The number of rotatable bonds is 8. The molecule has 0 radical (unpaired) electrons. The first-order valence-corrected chi connectivity index (χ1v) is 8.05. The fraction of sp³-hybridized carbons (Fsp3) is 0.778. The van der Waals surface area contributed by atoms with Crippen LogP contribution in [0.4, 0.5) is 0 Å². The minimum Gasteiger partial charge on any atom is -0.100 e. The zero-order valence-corrected chi connectivity index (χ0v) is 12.4. The first-order chi connectivity index (χ1) is 8.70. The van der Waals surface area contributed by atoms with E-state index in [1.807, 2.05) is 11.1 Å². The second-order valence-electron chi connectivity index (χ2n) is 6.63. The highest BCUT2D eigenvalue weighted by Gasteiger charge is 2.33. The van der Waals surface area contributed by atoms with Crippen molar-refractivity contribution in [2.24, 2.45) is 11.8 Å². The fourth-order valence-corrected chi connectivity index (χ4v) is 3.86. The molecule has 102 valence electrons. The Kier molecular flexibility index (Phi) is 5.09. The molecule has 2 aliphatic rings. The van der Waals surface area contributed by atoms with Gasteiger partial charge >= 0.3 is 0 Å². The Labute approximate surface area is 114 Å². The van der Waals surface area contributed by atoms with E-state index in [4.69, 9.17) is 0 Å². The van der Waals surface area contributed by atoms with Crippen molar-refractivity contribution < 1.29 is 0 Å². The Bertz CT molecular complexity index is 321. The second-order valence-corrected chi connectivity index (χ2v) is 6.63. The van der Waals surface area contributed by atoms with E-state index < -0.39 is 0 Å². The molecule has 0 amide bonds. The first-order valence-electron chi connectivity index (χ1n) is 8.05. The van der Waals surface area contributed by atoms with Gasteiger partial charge in [-0.3, -0.25) is 0 Å². The van der Waals surface area contributed by atoms with E-state index in [1.54, 1.807) is 0 Å². The number of hydrogen-bond acceptors (Lipinski definition) is 0. The van der Waals surface area contributed by atoms with Gasteiger partial charge in [0, 0.05) is 0 Å². The third kappa shape index (κ3) is 3.49. The van der Waals surface area contributed by atoms with Gasteiger partial charge in [-0.1, -0.05) is 42.9 Å². The molecule has 2 bridgehead atoms. The SMILES string of the molecule is C=C(C)CCC(CCCCC)C1=C2CCC(C2)C1. The Morgan fingerprint density at radius 2 is 2.11 bits per heavy atom. The van der Waals surface area contributed by atoms with Gasteiger partial charge in [0.1, 0.15) is 0 Å². The molecule has 1 fully saturated rings. The van der Waals surface area contributed by atoms with Crippen LogP contribution in [0.25, 0.3) is 0 Å². The molecule has 0 aromatic rings. The summed E-state index contributed by atoms with van der Waals surface area (Å²) in [5.41, 5.74) is 5.12. The highest BCUT2D eigenvalue weighted by molar-refractivity contribution is 5.28. The first kappa shape index (κ1) is 13.9. The van der Waals surface area contributed by atoms with E-state index in [2.05, 4.69) is 20.4 Å². The van der Waals surface area contributed by atoms with Gasteiger partial charge in [-0.05, 0) is 63.7 Å². The molecule has 0 nitrogen and oxygen atoms in total. The van der Waals surface area contributed by atoms with Crippen molar-refractivity contribution in [3.63, 3.8) is 0 Å². The van der Waals surface area contributed by atoms with Gasteiger partial charge in [0.2, 0.25) is 0 Å². The Morgan fingerprint density at radius 1 is 1.28 bits per heavy atom. The van der Waals surface area contributed by atoms with Crippen LogP contribution >= 0.6 is 0 Å². The predicted molar refractivity (Wildman–Crippen MR) is 80.7 cm³/mol. The zero-order chi connectivity index (χ0) is 13.0. The van der Waals surface area contributed by atoms with Gasteiger partial charge in [0.15, 0.2) is 0 Å². The molecule has 0 spiro atoms. The summed E-state index contributed by atoms with van der Waals surface area (Å²) in [7, 11) is 0. The van der Waals surface area contributed by atoms with Crippen LogP contribution in [0.5, 0.6) is 0 Å². The van der Waals surface area contributed by atoms with Crippen molar-refractivity contribution in [1.82, 2.24) is 0 Å².